The van der Waals surface area contributed by atoms with E-state index in [1.165, 1.54) is 32.4 Å². The van der Waals surface area contributed by atoms with Gasteiger partial charge in [-0.2, -0.15) is 0 Å². The molecule has 88 valence electrons. The number of methoxy groups -OCH3 is 2. The molecular formula is C11H13FO4. The van der Waals surface area contributed by atoms with Crippen molar-refractivity contribution in [2.75, 3.05) is 20.8 Å². The first-order valence-corrected chi connectivity index (χ1v) is 4.70. The zero-order valence-corrected chi connectivity index (χ0v) is 9.16. The molecule has 0 spiro atoms. The van der Waals surface area contributed by atoms with Crippen molar-refractivity contribution in [2.45, 2.75) is 6.42 Å². The molecule has 0 amide bonds. The molecule has 0 aromatic heterocycles. The molecule has 0 unspecified atom stereocenters. The number of esters is 1. The predicted octanol–water partition coefficient (Wildman–Crippen LogP) is 1.78. The number of benzene rings is 1. The molecule has 0 aliphatic heterocycles. The minimum absolute atomic E-state index is 0.107. The third kappa shape index (κ3) is 3.42. The first-order valence-electron chi connectivity index (χ1n) is 4.70. The Bertz CT molecular complexity index is 365. The van der Waals surface area contributed by atoms with Crippen molar-refractivity contribution >= 4 is 5.97 Å². The van der Waals surface area contributed by atoms with Gasteiger partial charge in [0.05, 0.1) is 27.2 Å². The molecule has 4 nitrogen and oxygen atoms in total. The van der Waals surface area contributed by atoms with Crippen LogP contribution in [0.5, 0.6) is 11.5 Å². The predicted molar refractivity (Wildman–Crippen MR) is 55.1 cm³/mol. The van der Waals surface area contributed by atoms with Crippen molar-refractivity contribution in [1.82, 2.24) is 0 Å². The maximum atomic E-state index is 13.0. The standard InChI is InChI=1S/C11H13FO4/c1-14-10-7-8(3-4-9(10)12)16-6-5-11(13)15-2/h3-4,7H,5-6H2,1-2H3. The van der Waals surface area contributed by atoms with Crippen LogP contribution in [0.3, 0.4) is 0 Å². The molecule has 0 atom stereocenters. The van der Waals surface area contributed by atoms with Gasteiger partial charge in [-0.25, -0.2) is 4.39 Å². The minimum Gasteiger partial charge on any atom is -0.494 e. The molecule has 0 aliphatic carbocycles. The summed E-state index contributed by atoms with van der Waals surface area (Å²) in [4.78, 5) is 10.8. The summed E-state index contributed by atoms with van der Waals surface area (Å²) in [5.41, 5.74) is 0. The molecule has 0 saturated heterocycles. The van der Waals surface area contributed by atoms with E-state index in [9.17, 15) is 9.18 Å². The Morgan fingerprint density at radius 1 is 1.38 bits per heavy atom. The normalized spacial score (nSPS) is 9.69. The van der Waals surface area contributed by atoms with E-state index in [4.69, 9.17) is 9.47 Å². The lowest BCUT2D eigenvalue weighted by Gasteiger charge is -2.07. The summed E-state index contributed by atoms with van der Waals surface area (Å²) in [6.07, 6.45) is 0.149. The number of carbonyl (C=O) groups is 1. The lowest BCUT2D eigenvalue weighted by atomic mass is 10.3. The van der Waals surface area contributed by atoms with Gasteiger partial charge in [-0.1, -0.05) is 0 Å². The highest BCUT2D eigenvalue weighted by molar-refractivity contribution is 5.69. The van der Waals surface area contributed by atoms with Crippen LogP contribution in [0.15, 0.2) is 18.2 Å². The van der Waals surface area contributed by atoms with E-state index in [1.807, 2.05) is 0 Å². The fraction of sp³-hybridized carbons (Fsp3) is 0.364. The summed E-state index contributed by atoms with van der Waals surface area (Å²) in [5.74, 6) is -0.255. The highest BCUT2D eigenvalue weighted by atomic mass is 19.1. The van der Waals surface area contributed by atoms with Crippen LogP contribution in [0.2, 0.25) is 0 Å². The van der Waals surface area contributed by atoms with E-state index in [1.54, 1.807) is 0 Å². The summed E-state index contributed by atoms with van der Waals surface area (Å²) in [6.45, 7) is 0.182. The topological polar surface area (TPSA) is 44.8 Å². The largest absolute Gasteiger partial charge is 0.494 e. The van der Waals surface area contributed by atoms with E-state index in [-0.39, 0.29) is 24.7 Å². The van der Waals surface area contributed by atoms with E-state index in [2.05, 4.69) is 4.74 Å². The first kappa shape index (κ1) is 12.3. The van der Waals surface area contributed by atoms with Crippen LogP contribution in [0.25, 0.3) is 0 Å². The van der Waals surface area contributed by atoms with Crippen LogP contribution in [-0.2, 0) is 9.53 Å². The molecular weight excluding hydrogens is 215 g/mol. The summed E-state index contributed by atoms with van der Waals surface area (Å²) < 4.78 is 27.5. The number of rotatable bonds is 5. The molecule has 1 rings (SSSR count). The second kappa shape index (κ2) is 5.95. The highest BCUT2D eigenvalue weighted by Gasteiger charge is 2.05. The van der Waals surface area contributed by atoms with Crippen LogP contribution < -0.4 is 9.47 Å². The van der Waals surface area contributed by atoms with Crippen molar-refractivity contribution < 1.29 is 23.4 Å². The number of hydrogen-bond donors (Lipinski definition) is 0. The van der Waals surface area contributed by atoms with Crippen molar-refractivity contribution in [3.8, 4) is 11.5 Å². The lowest BCUT2D eigenvalue weighted by Crippen LogP contribution is -2.07. The smallest absolute Gasteiger partial charge is 0.308 e. The Kier molecular flexibility index (Phi) is 4.57. The fourth-order valence-corrected chi connectivity index (χ4v) is 1.08. The number of hydrogen-bond acceptors (Lipinski definition) is 4. The van der Waals surface area contributed by atoms with Crippen LogP contribution in [0.4, 0.5) is 4.39 Å². The first-order chi connectivity index (χ1) is 7.67. The quantitative estimate of drug-likeness (QED) is 0.720. The molecule has 5 heteroatoms. The maximum absolute atomic E-state index is 13.0. The number of ether oxygens (including phenoxy) is 3. The van der Waals surface area contributed by atoms with Gasteiger partial charge in [-0.15, -0.1) is 0 Å². The Hall–Kier alpha value is -1.78. The molecule has 0 N–H and O–H groups in total. The van der Waals surface area contributed by atoms with Gasteiger partial charge in [0.25, 0.3) is 0 Å². The summed E-state index contributed by atoms with van der Waals surface area (Å²) in [6, 6.07) is 4.13. The average Bonchev–Trinajstić information content (AvgIpc) is 2.31. The number of halogens is 1. The van der Waals surface area contributed by atoms with Gasteiger partial charge in [0.1, 0.15) is 5.75 Å². The van der Waals surface area contributed by atoms with Crippen LogP contribution >= 0.6 is 0 Å². The molecule has 0 radical (unpaired) electrons. The summed E-state index contributed by atoms with van der Waals surface area (Å²) in [5, 5.41) is 0. The van der Waals surface area contributed by atoms with Crippen molar-refractivity contribution in [3.05, 3.63) is 24.0 Å². The van der Waals surface area contributed by atoms with Crippen LogP contribution in [-0.4, -0.2) is 26.8 Å². The molecule has 0 bridgehead atoms. The molecule has 0 heterocycles. The van der Waals surface area contributed by atoms with Gasteiger partial charge in [0.2, 0.25) is 0 Å². The Morgan fingerprint density at radius 3 is 2.75 bits per heavy atom. The average molecular weight is 228 g/mol. The molecule has 0 fully saturated rings. The molecule has 16 heavy (non-hydrogen) atoms. The highest BCUT2D eigenvalue weighted by Crippen LogP contribution is 2.23. The third-order valence-electron chi connectivity index (χ3n) is 1.93. The third-order valence-corrected chi connectivity index (χ3v) is 1.93. The van der Waals surface area contributed by atoms with Gasteiger partial charge < -0.3 is 14.2 Å². The van der Waals surface area contributed by atoms with Gasteiger partial charge in [-0.3, -0.25) is 4.79 Å². The summed E-state index contributed by atoms with van der Waals surface area (Å²) in [7, 11) is 2.68. The van der Waals surface area contributed by atoms with Crippen molar-refractivity contribution in [3.63, 3.8) is 0 Å². The van der Waals surface area contributed by atoms with Crippen LogP contribution in [0, 0.1) is 5.82 Å². The lowest BCUT2D eigenvalue weighted by molar-refractivity contribution is -0.141. The monoisotopic (exact) mass is 228 g/mol. The van der Waals surface area contributed by atoms with E-state index < -0.39 is 5.82 Å². The molecule has 0 aliphatic rings. The second-order valence-corrected chi connectivity index (χ2v) is 2.97. The van der Waals surface area contributed by atoms with Crippen molar-refractivity contribution in [2.24, 2.45) is 0 Å². The number of carbonyl (C=O) groups excluding carboxylic acids is 1. The Labute approximate surface area is 92.9 Å². The van der Waals surface area contributed by atoms with Gasteiger partial charge in [0, 0.05) is 6.07 Å². The zero-order valence-electron chi connectivity index (χ0n) is 9.16. The molecule has 1 aromatic carbocycles. The van der Waals surface area contributed by atoms with Crippen LogP contribution in [0.1, 0.15) is 6.42 Å². The Balaban J connectivity index is 2.51. The SMILES string of the molecule is COC(=O)CCOc1ccc(F)c(OC)c1. The van der Waals surface area contributed by atoms with Gasteiger partial charge in [-0.05, 0) is 12.1 Å². The van der Waals surface area contributed by atoms with E-state index in [0.29, 0.717) is 5.75 Å². The molecule has 1 aromatic rings. The van der Waals surface area contributed by atoms with Gasteiger partial charge >= 0.3 is 5.97 Å². The fourth-order valence-electron chi connectivity index (χ4n) is 1.08. The minimum atomic E-state index is -0.456. The zero-order chi connectivity index (χ0) is 12.0. The maximum Gasteiger partial charge on any atom is 0.308 e. The van der Waals surface area contributed by atoms with Crippen molar-refractivity contribution in [1.29, 1.82) is 0 Å². The molecule has 0 saturated carbocycles. The summed E-state index contributed by atoms with van der Waals surface area (Å²) >= 11 is 0. The second-order valence-electron chi connectivity index (χ2n) is 2.97. The van der Waals surface area contributed by atoms with E-state index in [0.717, 1.165) is 0 Å². The Morgan fingerprint density at radius 2 is 2.12 bits per heavy atom. The van der Waals surface area contributed by atoms with Gasteiger partial charge in [0.15, 0.2) is 11.6 Å². The van der Waals surface area contributed by atoms with E-state index >= 15 is 0 Å².